The summed E-state index contributed by atoms with van der Waals surface area (Å²) in [6.45, 7) is 3.25. The quantitative estimate of drug-likeness (QED) is 0.541. The molecule has 0 aliphatic carbocycles. The van der Waals surface area contributed by atoms with E-state index >= 15 is 0 Å². The Kier molecular flexibility index (Phi) is 6.18. The maximum absolute atomic E-state index is 12.5. The molecule has 3 heterocycles. The van der Waals surface area contributed by atoms with Crippen molar-refractivity contribution < 1.29 is 32.7 Å². The minimum atomic E-state index is -0.867. The highest BCUT2D eigenvalue weighted by molar-refractivity contribution is 5.95. The van der Waals surface area contributed by atoms with Gasteiger partial charge in [-0.05, 0) is 44.2 Å². The molecular weight excluding hydrogens is 380 g/mol. The van der Waals surface area contributed by atoms with E-state index in [2.05, 4.69) is 10.6 Å². The Morgan fingerprint density at radius 3 is 2.72 bits per heavy atom. The van der Waals surface area contributed by atoms with Crippen LogP contribution >= 0.6 is 0 Å². The molecular formula is C20H20N2O7. The summed E-state index contributed by atoms with van der Waals surface area (Å²) in [6.07, 6.45) is 4.07. The standard InChI is InChI=1S/C20H20N2O7/c1-3-26-19(24)17-14(21-20(25)22-18(17)15-5-4-10-27-15)11-28-16(23)9-8-13-7-6-12(2)29-13/h4-10,18H,3,11H2,1-2H3,(H2,21,22,25)/b9-8+. The molecule has 2 N–H and O–H groups in total. The van der Waals surface area contributed by atoms with Crippen LogP contribution in [0.25, 0.3) is 6.08 Å². The van der Waals surface area contributed by atoms with Crippen LogP contribution in [-0.2, 0) is 19.1 Å². The van der Waals surface area contributed by atoms with Crippen LogP contribution in [0.1, 0.15) is 30.2 Å². The van der Waals surface area contributed by atoms with Gasteiger partial charge < -0.3 is 28.9 Å². The predicted molar refractivity (Wildman–Crippen MR) is 100 cm³/mol. The lowest BCUT2D eigenvalue weighted by atomic mass is 10.0. The van der Waals surface area contributed by atoms with Crippen molar-refractivity contribution in [3.8, 4) is 0 Å². The molecule has 3 rings (SSSR count). The number of hydrogen-bond acceptors (Lipinski definition) is 7. The third-order valence-corrected chi connectivity index (χ3v) is 3.98. The molecule has 1 aliphatic rings. The van der Waals surface area contributed by atoms with E-state index in [4.69, 9.17) is 18.3 Å². The molecule has 1 unspecified atom stereocenters. The number of furan rings is 2. The van der Waals surface area contributed by atoms with Gasteiger partial charge in [0.05, 0.1) is 24.1 Å². The molecule has 2 amide bonds. The molecule has 0 saturated heterocycles. The van der Waals surface area contributed by atoms with Crippen molar-refractivity contribution in [2.75, 3.05) is 13.2 Å². The molecule has 0 spiro atoms. The Labute approximate surface area is 166 Å². The van der Waals surface area contributed by atoms with Gasteiger partial charge in [-0.2, -0.15) is 0 Å². The Hall–Kier alpha value is -3.75. The summed E-state index contributed by atoms with van der Waals surface area (Å²) in [6, 6.07) is 5.29. The number of esters is 2. The van der Waals surface area contributed by atoms with E-state index in [-0.39, 0.29) is 24.5 Å². The van der Waals surface area contributed by atoms with Crippen molar-refractivity contribution in [3.63, 3.8) is 0 Å². The van der Waals surface area contributed by atoms with Crippen LogP contribution in [0, 0.1) is 6.92 Å². The maximum Gasteiger partial charge on any atom is 0.338 e. The lowest BCUT2D eigenvalue weighted by Crippen LogP contribution is -2.47. The van der Waals surface area contributed by atoms with E-state index in [1.165, 1.54) is 18.4 Å². The van der Waals surface area contributed by atoms with Gasteiger partial charge in [-0.15, -0.1) is 0 Å². The van der Waals surface area contributed by atoms with Gasteiger partial charge >= 0.3 is 18.0 Å². The van der Waals surface area contributed by atoms with Gasteiger partial charge in [0.25, 0.3) is 0 Å². The molecule has 152 valence electrons. The molecule has 0 fully saturated rings. The fourth-order valence-corrected chi connectivity index (χ4v) is 2.74. The highest BCUT2D eigenvalue weighted by Crippen LogP contribution is 2.28. The van der Waals surface area contributed by atoms with Crippen molar-refractivity contribution in [3.05, 3.63) is 65.2 Å². The topological polar surface area (TPSA) is 120 Å². The second kappa shape index (κ2) is 8.96. The average Bonchev–Trinajstić information content (AvgIpc) is 3.36. The maximum atomic E-state index is 12.5. The monoisotopic (exact) mass is 400 g/mol. The minimum absolute atomic E-state index is 0.0971. The van der Waals surface area contributed by atoms with E-state index in [1.54, 1.807) is 38.1 Å². The lowest BCUT2D eigenvalue weighted by Gasteiger charge is -2.27. The van der Waals surface area contributed by atoms with Crippen molar-refractivity contribution in [1.82, 2.24) is 10.6 Å². The summed E-state index contributed by atoms with van der Waals surface area (Å²) in [5.74, 6) is 0.230. The zero-order valence-electron chi connectivity index (χ0n) is 15.9. The number of rotatable bonds is 7. The number of carbonyl (C=O) groups excluding carboxylic acids is 3. The van der Waals surface area contributed by atoms with Crippen LogP contribution in [0.2, 0.25) is 0 Å². The Morgan fingerprint density at radius 1 is 1.24 bits per heavy atom. The summed E-state index contributed by atoms with van der Waals surface area (Å²) in [5, 5.41) is 5.10. The fraction of sp³-hybridized carbons (Fsp3) is 0.250. The van der Waals surface area contributed by atoms with Crippen LogP contribution in [0.3, 0.4) is 0 Å². The van der Waals surface area contributed by atoms with Gasteiger partial charge in [0, 0.05) is 6.08 Å². The van der Waals surface area contributed by atoms with Gasteiger partial charge in [0.1, 0.15) is 29.9 Å². The number of ether oxygens (including phenoxy) is 2. The summed E-state index contributed by atoms with van der Waals surface area (Å²) >= 11 is 0. The van der Waals surface area contributed by atoms with Crippen molar-refractivity contribution >= 4 is 24.0 Å². The number of carbonyl (C=O) groups is 3. The molecule has 2 aromatic rings. The summed E-state index contributed by atoms with van der Waals surface area (Å²) in [7, 11) is 0. The second-order valence-electron chi connectivity index (χ2n) is 6.05. The molecule has 0 bridgehead atoms. The van der Waals surface area contributed by atoms with E-state index in [0.29, 0.717) is 17.3 Å². The first-order valence-electron chi connectivity index (χ1n) is 8.90. The molecule has 29 heavy (non-hydrogen) atoms. The molecule has 0 radical (unpaired) electrons. The van der Waals surface area contributed by atoms with E-state index < -0.39 is 24.0 Å². The van der Waals surface area contributed by atoms with Crippen LogP contribution in [-0.4, -0.2) is 31.2 Å². The minimum Gasteiger partial charge on any atom is -0.467 e. The number of urea groups is 1. The van der Waals surface area contributed by atoms with E-state index in [1.807, 2.05) is 0 Å². The van der Waals surface area contributed by atoms with Crippen LogP contribution in [0.5, 0.6) is 0 Å². The zero-order chi connectivity index (χ0) is 20.8. The van der Waals surface area contributed by atoms with Gasteiger partial charge in [-0.1, -0.05) is 0 Å². The molecule has 1 atom stereocenters. The molecule has 9 nitrogen and oxygen atoms in total. The van der Waals surface area contributed by atoms with Gasteiger partial charge in [0.2, 0.25) is 0 Å². The predicted octanol–water partition coefficient (Wildman–Crippen LogP) is 2.61. The molecule has 0 aromatic carbocycles. The smallest absolute Gasteiger partial charge is 0.338 e. The third kappa shape index (κ3) is 4.95. The third-order valence-electron chi connectivity index (χ3n) is 3.98. The lowest BCUT2D eigenvalue weighted by molar-refractivity contribution is -0.140. The van der Waals surface area contributed by atoms with Gasteiger partial charge in [0.15, 0.2) is 0 Å². The van der Waals surface area contributed by atoms with Crippen molar-refractivity contribution in [2.45, 2.75) is 19.9 Å². The SMILES string of the molecule is CCOC(=O)C1=C(COC(=O)/C=C/c2ccc(C)o2)NC(=O)NC1c1ccco1. The summed E-state index contributed by atoms with van der Waals surface area (Å²) in [5.41, 5.74) is 0.212. The molecule has 1 aliphatic heterocycles. The van der Waals surface area contributed by atoms with E-state index in [0.717, 1.165) is 0 Å². The fourth-order valence-electron chi connectivity index (χ4n) is 2.74. The number of aryl methyl sites for hydroxylation is 1. The largest absolute Gasteiger partial charge is 0.467 e. The molecule has 9 heteroatoms. The first kappa shape index (κ1) is 20.0. The summed E-state index contributed by atoms with van der Waals surface area (Å²) in [4.78, 5) is 36.6. The van der Waals surface area contributed by atoms with Gasteiger partial charge in [-0.3, -0.25) is 0 Å². The van der Waals surface area contributed by atoms with Crippen molar-refractivity contribution in [1.29, 1.82) is 0 Å². The van der Waals surface area contributed by atoms with Crippen LogP contribution in [0.15, 0.2) is 56.7 Å². The van der Waals surface area contributed by atoms with Gasteiger partial charge in [-0.25, -0.2) is 14.4 Å². The first-order valence-corrected chi connectivity index (χ1v) is 8.90. The van der Waals surface area contributed by atoms with Crippen molar-refractivity contribution in [2.24, 2.45) is 0 Å². The summed E-state index contributed by atoms with van der Waals surface area (Å²) < 4.78 is 20.9. The highest BCUT2D eigenvalue weighted by atomic mass is 16.5. The Morgan fingerprint density at radius 2 is 2.07 bits per heavy atom. The molecule has 0 saturated carbocycles. The van der Waals surface area contributed by atoms with E-state index in [9.17, 15) is 14.4 Å². The normalized spacial score (nSPS) is 16.5. The number of amides is 2. The molecule has 2 aromatic heterocycles. The highest BCUT2D eigenvalue weighted by Gasteiger charge is 2.35. The Bertz CT molecular complexity index is 953. The van der Waals surface area contributed by atoms with Crippen LogP contribution in [0.4, 0.5) is 4.79 Å². The Balaban J connectivity index is 1.79. The van der Waals surface area contributed by atoms with Crippen LogP contribution < -0.4 is 10.6 Å². The number of nitrogens with one attached hydrogen (secondary N) is 2. The number of hydrogen-bond donors (Lipinski definition) is 2. The zero-order valence-corrected chi connectivity index (χ0v) is 15.9. The second-order valence-corrected chi connectivity index (χ2v) is 6.05. The average molecular weight is 400 g/mol. The first-order chi connectivity index (χ1) is 14.0.